The number of nitrogens with two attached hydrogens (primary N) is 1. The Morgan fingerprint density at radius 1 is 1.24 bits per heavy atom. The number of carbonyl (C=O) groups is 2. The fourth-order valence-corrected chi connectivity index (χ4v) is 3.66. The molecule has 0 spiro atoms. The number of piperidine rings is 1. The molecule has 3 rings (SSSR count). The number of benzene rings is 1. The Balaban J connectivity index is 1.63. The zero-order valence-corrected chi connectivity index (χ0v) is 14.7. The van der Waals surface area contributed by atoms with Gasteiger partial charge in [-0.15, -0.1) is 0 Å². The van der Waals surface area contributed by atoms with Gasteiger partial charge in [-0.1, -0.05) is 0 Å². The molecule has 2 fully saturated rings. The fraction of sp³-hybridized carbons (Fsp3) is 0.579. The number of amides is 2. The zero-order chi connectivity index (χ0) is 17.8. The smallest absolute Gasteiger partial charge is 0.251 e. The van der Waals surface area contributed by atoms with E-state index in [1.807, 2.05) is 12.1 Å². The van der Waals surface area contributed by atoms with E-state index in [1.54, 1.807) is 24.1 Å². The Morgan fingerprint density at radius 3 is 2.68 bits per heavy atom. The molecule has 1 aliphatic carbocycles. The van der Waals surface area contributed by atoms with Crippen LogP contribution in [-0.4, -0.2) is 43.7 Å². The second-order valence-electron chi connectivity index (χ2n) is 6.96. The summed E-state index contributed by atoms with van der Waals surface area (Å²) < 4.78 is 5.41. The van der Waals surface area contributed by atoms with E-state index in [0.717, 1.165) is 44.3 Å². The number of nitrogens with one attached hydrogen (secondary N) is 1. The summed E-state index contributed by atoms with van der Waals surface area (Å²) in [4.78, 5) is 26.3. The number of nitrogens with zero attached hydrogens (tertiary/aromatic N) is 1. The lowest BCUT2D eigenvalue weighted by Gasteiger charge is -2.33. The standard InChI is InChI=1S/C19H27N3O3/c1-25-15-9-10-16(20)17(12-15)21-19(24)13-5-7-14(8-6-13)22-11-3-2-4-18(22)23/h5-8,15-17H,2-4,9-12,20H2,1H3,(H,21,24). The minimum atomic E-state index is -0.131. The second-order valence-corrected chi connectivity index (χ2v) is 6.96. The van der Waals surface area contributed by atoms with Gasteiger partial charge < -0.3 is 20.7 Å². The van der Waals surface area contributed by atoms with Crippen LogP contribution in [0.1, 0.15) is 48.9 Å². The van der Waals surface area contributed by atoms with Crippen LogP contribution in [0, 0.1) is 0 Å². The normalized spacial score (nSPS) is 27.2. The van der Waals surface area contributed by atoms with Crippen LogP contribution in [0.3, 0.4) is 0 Å². The molecule has 1 aliphatic heterocycles. The molecule has 1 saturated carbocycles. The van der Waals surface area contributed by atoms with Gasteiger partial charge in [0.25, 0.3) is 5.91 Å². The number of methoxy groups -OCH3 is 1. The third-order valence-corrected chi connectivity index (χ3v) is 5.27. The molecule has 2 amide bonds. The monoisotopic (exact) mass is 345 g/mol. The molecule has 25 heavy (non-hydrogen) atoms. The van der Waals surface area contributed by atoms with Gasteiger partial charge in [0.1, 0.15) is 0 Å². The van der Waals surface area contributed by atoms with E-state index in [2.05, 4.69) is 5.32 Å². The maximum Gasteiger partial charge on any atom is 0.251 e. The van der Waals surface area contributed by atoms with E-state index in [9.17, 15) is 9.59 Å². The summed E-state index contributed by atoms with van der Waals surface area (Å²) in [5.41, 5.74) is 7.58. The molecule has 1 heterocycles. The maximum absolute atomic E-state index is 12.5. The van der Waals surface area contributed by atoms with Crippen molar-refractivity contribution in [1.29, 1.82) is 0 Å². The summed E-state index contributed by atoms with van der Waals surface area (Å²) >= 11 is 0. The summed E-state index contributed by atoms with van der Waals surface area (Å²) in [7, 11) is 1.70. The van der Waals surface area contributed by atoms with Crippen LogP contribution < -0.4 is 16.0 Å². The third-order valence-electron chi connectivity index (χ3n) is 5.27. The van der Waals surface area contributed by atoms with Crippen molar-refractivity contribution in [2.75, 3.05) is 18.6 Å². The minimum Gasteiger partial charge on any atom is -0.381 e. The van der Waals surface area contributed by atoms with Crippen molar-refractivity contribution < 1.29 is 14.3 Å². The van der Waals surface area contributed by atoms with Crippen molar-refractivity contribution >= 4 is 17.5 Å². The molecule has 1 saturated heterocycles. The molecule has 3 N–H and O–H groups in total. The van der Waals surface area contributed by atoms with Gasteiger partial charge in [0.15, 0.2) is 0 Å². The summed E-state index contributed by atoms with van der Waals surface area (Å²) in [5, 5.41) is 3.03. The van der Waals surface area contributed by atoms with Crippen molar-refractivity contribution in [3.63, 3.8) is 0 Å². The Morgan fingerprint density at radius 2 is 2.00 bits per heavy atom. The highest BCUT2D eigenvalue weighted by molar-refractivity contribution is 5.97. The molecule has 3 unspecified atom stereocenters. The quantitative estimate of drug-likeness (QED) is 0.872. The summed E-state index contributed by atoms with van der Waals surface area (Å²) in [5.74, 6) is 0.0240. The number of hydrogen-bond donors (Lipinski definition) is 2. The molecule has 0 bridgehead atoms. The summed E-state index contributed by atoms with van der Waals surface area (Å²) in [6.07, 6.45) is 5.25. The lowest BCUT2D eigenvalue weighted by atomic mass is 9.88. The average molecular weight is 345 g/mol. The van der Waals surface area contributed by atoms with Gasteiger partial charge in [0.2, 0.25) is 5.91 Å². The first kappa shape index (κ1) is 17.9. The van der Waals surface area contributed by atoms with Gasteiger partial charge in [-0.2, -0.15) is 0 Å². The van der Waals surface area contributed by atoms with Crippen molar-refractivity contribution in [3.05, 3.63) is 29.8 Å². The highest BCUT2D eigenvalue weighted by Crippen LogP contribution is 2.23. The highest BCUT2D eigenvalue weighted by Gasteiger charge is 2.29. The van der Waals surface area contributed by atoms with Gasteiger partial charge in [-0.25, -0.2) is 0 Å². The second kappa shape index (κ2) is 7.97. The van der Waals surface area contributed by atoms with Crippen LogP contribution in [0.15, 0.2) is 24.3 Å². The van der Waals surface area contributed by atoms with Gasteiger partial charge in [-0.3, -0.25) is 9.59 Å². The highest BCUT2D eigenvalue weighted by atomic mass is 16.5. The molecule has 0 aromatic heterocycles. The first-order valence-corrected chi connectivity index (χ1v) is 9.08. The van der Waals surface area contributed by atoms with Crippen molar-refractivity contribution in [3.8, 4) is 0 Å². The molecule has 1 aromatic rings. The largest absolute Gasteiger partial charge is 0.381 e. The Kier molecular flexibility index (Phi) is 5.71. The average Bonchev–Trinajstić information content (AvgIpc) is 2.64. The van der Waals surface area contributed by atoms with Gasteiger partial charge in [-0.05, 0) is 56.4 Å². The van der Waals surface area contributed by atoms with Crippen LogP contribution in [0.5, 0.6) is 0 Å². The summed E-state index contributed by atoms with van der Waals surface area (Å²) in [6, 6.07) is 7.12. The van der Waals surface area contributed by atoms with E-state index in [0.29, 0.717) is 12.0 Å². The van der Waals surface area contributed by atoms with E-state index < -0.39 is 0 Å². The number of rotatable bonds is 4. The molecule has 3 atom stereocenters. The first-order chi connectivity index (χ1) is 12.1. The van der Waals surface area contributed by atoms with Crippen LogP contribution in [-0.2, 0) is 9.53 Å². The third kappa shape index (κ3) is 4.19. The molecular formula is C19H27N3O3. The first-order valence-electron chi connectivity index (χ1n) is 9.08. The molecular weight excluding hydrogens is 318 g/mol. The topological polar surface area (TPSA) is 84.7 Å². The SMILES string of the molecule is COC1CCC(N)C(NC(=O)c2ccc(N3CCCCC3=O)cc2)C1. The number of carbonyl (C=O) groups excluding carboxylic acids is 2. The molecule has 0 radical (unpaired) electrons. The van der Waals surface area contributed by atoms with Crippen molar-refractivity contribution in [2.45, 2.75) is 56.7 Å². The maximum atomic E-state index is 12.5. The Labute approximate surface area is 148 Å². The number of hydrogen-bond acceptors (Lipinski definition) is 4. The zero-order valence-electron chi connectivity index (χ0n) is 14.7. The molecule has 6 nitrogen and oxygen atoms in total. The van der Waals surface area contributed by atoms with Crippen molar-refractivity contribution in [2.24, 2.45) is 5.73 Å². The molecule has 1 aromatic carbocycles. The predicted molar refractivity (Wildman–Crippen MR) is 96.5 cm³/mol. The van der Waals surface area contributed by atoms with Crippen LogP contribution in [0.2, 0.25) is 0 Å². The van der Waals surface area contributed by atoms with Crippen LogP contribution in [0.4, 0.5) is 5.69 Å². The van der Waals surface area contributed by atoms with Gasteiger partial charge in [0, 0.05) is 43.4 Å². The fourth-order valence-electron chi connectivity index (χ4n) is 3.66. The van der Waals surface area contributed by atoms with Crippen LogP contribution in [0.25, 0.3) is 0 Å². The predicted octanol–water partition coefficient (Wildman–Crippen LogP) is 1.83. The Hall–Kier alpha value is -1.92. The van der Waals surface area contributed by atoms with Gasteiger partial charge >= 0.3 is 0 Å². The van der Waals surface area contributed by atoms with Crippen molar-refractivity contribution in [1.82, 2.24) is 5.32 Å². The lowest BCUT2D eigenvalue weighted by molar-refractivity contribution is -0.119. The minimum absolute atomic E-state index is 0.0411. The van der Waals surface area contributed by atoms with Crippen LogP contribution >= 0.6 is 0 Å². The Bertz CT molecular complexity index is 617. The number of ether oxygens (including phenoxy) is 1. The van der Waals surface area contributed by atoms with Gasteiger partial charge in [0.05, 0.1) is 6.10 Å². The number of anilines is 1. The van der Waals surface area contributed by atoms with E-state index in [4.69, 9.17) is 10.5 Å². The summed E-state index contributed by atoms with van der Waals surface area (Å²) in [6.45, 7) is 0.750. The van der Waals surface area contributed by atoms with E-state index >= 15 is 0 Å². The van der Waals surface area contributed by atoms with E-state index in [1.165, 1.54) is 0 Å². The molecule has 2 aliphatic rings. The van der Waals surface area contributed by atoms with E-state index in [-0.39, 0.29) is 30.0 Å². The molecule has 136 valence electrons. The lowest BCUT2D eigenvalue weighted by Crippen LogP contribution is -2.52. The molecule has 6 heteroatoms.